The second-order valence-electron chi connectivity index (χ2n) is 7.12. The summed E-state index contributed by atoms with van der Waals surface area (Å²) < 4.78 is 0. The van der Waals surface area contributed by atoms with E-state index in [1.54, 1.807) is 0 Å². The molecular weight excluding hydrogens is 280 g/mol. The van der Waals surface area contributed by atoms with Crippen LogP contribution in [0.1, 0.15) is 36.8 Å². The molecule has 0 amide bonds. The summed E-state index contributed by atoms with van der Waals surface area (Å²) in [6, 6.07) is 15.1. The standard InChI is InChI=1S/C21H24N2/c1-2-5-18(6-3-1)16-23-14-12-21(17-23)10-8-19(9-11-21)20-7-4-13-22-15-20/h1-8,13,15H,9-12,14,16-17H2. The number of nitrogens with zero attached hydrogens (tertiary/aromatic N) is 2. The number of hydrogen-bond donors (Lipinski definition) is 0. The van der Waals surface area contributed by atoms with Gasteiger partial charge in [-0.2, -0.15) is 0 Å². The number of rotatable bonds is 3. The summed E-state index contributed by atoms with van der Waals surface area (Å²) >= 11 is 0. The van der Waals surface area contributed by atoms with Crippen LogP contribution in [-0.2, 0) is 6.54 Å². The molecule has 4 rings (SSSR count). The summed E-state index contributed by atoms with van der Waals surface area (Å²) in [4.78, 5) is 6.90. The molecule has 1 aliphatic heterocycles. The molecule has 1 aromatic carbocycles. The summed E-state index contributed by atoms with van der Waals surface area (Å²) in [5, 5.41) is 0. The van der Waals surface area contributed by atoms with Gasteiger partial charge in [0.1, 0.15) is 0 Å². The predicted molar refractivity (Wildman–Crippen MR) is 94.8 cm³/mol. The Kier molecular flexibility index (Phi) is 4.00. The van der Waals surface area contributed by atoms with Crippen LogP contribution >= 0.6 is 0 Å². The van der Waals surface area contributed by atoms with Crippen LogP contribution in [0.5, 0.6) is 0 Å². The summed E-state index contributed by atoms with van der Waals surface area (Å²) in [5.74, 6) is 0. The van der Waals surface area contributed by atoms with Crippen LogP contribution in [0, 0.1) is 5.41 Å². The van der Waals surface area contributed by atoms with E-state index in [4.69, 9.17) is 0 Å². The zero-order chi connectivity index (χ0) is 15.5. The highest BCUT2D eigenvalue weighted by Gasteiger charge is 2.38. The van der Waals surface area contributed by atoms with Gasteiger partial charge in [0.15, 0.2) is 0 Å². The van der Waals surface area contributed by atoms with Gasteiger partial charge in [0.05, 0.1) is 0 Å². The molecule has 0 saturated carbocycles. The third-order valence-corrected chi connectivity index (χ3v) is 5.50. The molecule has 2 heteroatoms. The Morgan fingerprint density at radius 3 is 2.70 bits per heavy atom. The molecule has 1 atom stereocenters. The van der Waals surface area contributed by atoms with Crippen molar-refractivity contribution >= 4 is 5.57 Å². The first-order valence-corrected chi connectivity index (χ1v) is 8.69. The van der Waals surface area contributed by atoms with E-state index in [1.807, 2.05) is 18.5 Å². The first-order chi connectivity index (χ1) is 11.3. The fourth-order valence-corrected chi connectivity index (χ4v) is 4.13. The summed E-state index contributed by atoms with van der Waals surface area (Å²) in [6.07, 6.45) is 11.4. The van der Waals surface area contributed by atoms with Crippen LogP contribution in [-0.4, -0.2) is 23.0 Å². The van der Waals surface area contributed by atoms with Gasteiger partial charge in [0.25, 0.3) is 0 Å². The van der Waals surface area contributed by atoms with Gasteiger partial charge in [-0.3, -0.25) is 9.88 Å². The third-order valence-electron chi connectivity index (χ3n) is 5.50. The van der Waals surface area contributed by atoms with Gasteiger partial charge < -0.3 is 0 Å². The second-order valence-corrected chi connectivity index (χ2v) is 7.12. The highest BCUT2D eigenvalue weighted by molar-refractivity contribution is 5.65. The Morgan fingerprint density at radius 1 is 1.04 bits per heavy atom. The van der Waals surface area contributed by atoms with E-state index in [-0.39, 0.29) is 0 Å². The van der Waals surface area contributed by atoms with Crippen LogP contribution in [0.2, 0.25) is 0 Å². The normalized spacial score (nSPS) is 24.8. The van der Waals surface area contributed by atoms with E-state index >= 15 is 0 Å². The zero-order valence-corrected chi connectivity index (χ0v) is 13.6. The largest absolute Gasteiger partial charge is 0.298 e. The fourth-order valence-electron chi connectivity index (χ4n) is 4.13. The van der Waals surface area contributed by atoms with Crippen molar-refractivity contribution in [3.8, 4) is 0 Å². The molecular formula is C21H24N2. The van der Waals surface area contributed by atoms with Crippen molar-refractivity contribution < 1.29 is 0 Å². The summed E-state index contributed by atoms with van der Waals surface area (Å²) in [5.41, 5.74) is 4.75. The highest BCUT2D eigenvalue weighted by Crippen LogP contribution is 2.45. The molecule has 23 heavy (non-hydrogen) atoms. The van der Waals surface area contributed by atoms with Crippen molar-refractivity contribution in [1.82, 2.24) is 9.88 Å². The topological polar surface area (TPSA) is 16.1 Å². The average molecular weight is 304 g/mol. The number of likely N-dealkylation sites (tertiary alicyclic amines) is 1. The molecule has 2 nitrogen and oxygen atoms in total. The van der Waals surface area contributed by atoms with Gasteiger partial charge in [-0.15, -0.1) is 0 Å². The molecule has 0 radical (unpaired) electrons. The Labute approximate surface area is 138 Å². The molecule has 1 saturated heterocycles. The van der Waals surface area contributed by atoms with E-state index in [2.05, 4.69) is 52.4 Å². The first kappa shape index (κ1) is 14.6. The molecule has 1 fully saturated rings. The van der Waals surface area contributed by atoms with Gasteiger partial charge in [-0.05, 0) is 60.4 Å². The van der Waals surface area contributed by atoms with Gasteiger partial charge in [-0.1, -0.05) is 42.5 Å². The summed E-state index contributed by atoms with van der Waals surface area (Å²) in [6.45, 7) is 3.59. The molecule has 0 N–H and O–H groups in total. The van der Waals surface area contributed by atoms with Crippen LogP contribution in [0.15, 0.2) is 60.9 Å². The zero-order valence-electron chi connectivity index (χ0n) is 13.6. The lowest BCUT2D eigenvalue weighted by molar-refractivity contribution is 0.235. The molecule has 2 aromatic rings. The second kappa shape index (κ2) is 6.29. The maximum absolute atomic E-state index is 4.26. The molecule has 1 spiro atoms. The molecule has 1 aliphatic carbocycles. The minimum absolute atomic E-state index is 0.514. The minimum atomic E-state index is 0.514. The molecule has 1 aromatic heterocycles. The SMILES string of the molecule is C1=C(c2cccnc2)CCC2(C1)CCN(Cc1ccccc1)C2. The lowest BCUT2D eigenvalue weighted by Gasteiger charge is -2.33. The van der Waals surface area contributed by atoms with Gasteiger partial charge in [0.2, 0.25) is 0 Å². The number of benzene rings is 1. The lowest BCUT2D eigenvalue weighted by Crippen LogP contribution is -2.28. The average Bonchev–Trinajstić information content (AvgIpc) is 2.99. The predicted octanol–water partition coefficient (Wildman–Crippen LogP) is 4.54. The number of pyridine rings is 1. The smallest absolute Gasteiger partial charge is 0.0342 e. The van der Waals surface area contributed by atoms with Crippen molar-refractivity contribution in [3.05, 3.63) is 72.1 Å². The van der Waals surface area contributed by atoms with Crippen molar-refractivity contribution in [2.45, 2.75) is 32.2 Å². The van der Waals surface area contributed by atoms with Crippen molar-refractivity contribution in [2.24, 2.45) is 5.41 Å². The van der Waals surface area contributed by atoms with E-state index < -0.39 is 0 Å². The monoisotopic (exact) mass is 304 g/mol. The van der Waals surface area contributed by atoms with Crippen molar-refractivity contribution in [1.29, 1.82) is 0 Å². The summed E-state index contributed by atoms with van der Waals surface area (Å²) in [7, 11) is 0. The van der Waals surface area contributed by atoms with E-state index in [1.165, 1.54) is 55.5 Å². The third kappa shape index (κ3) is 3.23. The first-order valence-electron chi connectivity index (χ1n) is 8.69. The fraction of sp³-hybridized carbons (Fsp3) is 0.381. The Hall–Kier alpha value is -1.93. The molecule has 1 unspecified atom stereocenters. The Balaban J connectivity index is 1.41. The van der Waals surface area contributed by atoms with Crippen molar-refractivity contribution in [2.75, 3.05) is 13.1 Å². The Bertz CT molecular complexity index is 678. The lowest BCUT2D eigenvalue weighted by atomic mass is 9.73. The van der Waals surface area contributed by atoms with Crippen LogP contribution < -0.4 is 0 Å². The Morgan fingerprint density at radius 2 is 1.96 bits per heavy atom. The maximum atomic E-state index is 4.26. The molecule has 2 aliphatic rings. The van der Waals surface area contributed by atoms with E-state index in [0.717, 1.165) is 6.54 Å². The van der Waals surface area contributed by atoms with Gasteiger partial charge in [0, 0.05) is 25.5 Å². The number of aromatic nitrogens is 1. The van der Waals surface area contributed by atoms with Gasteiger partial charge in [-0.25, -0.2) is 0 Å². The number of allylic oxidation sites excluding steroid dienone is 2. The van der Waals surface area contributed by atoms with E-state index in [9.17, 15) is 0 Å². The number of hydrogen-bond acceptors (Lipinski definition) is 2. The van der Waals surface area contributed by atoms with E-state index in [0.29, 0.717) is 5.41 Å². The quantitative estimate of drug-likeness (QED) is 0.827. The van der Waals surface area contributed by atoms with Crippen molar-refractivity contribution in [3.63, 3.8) is 0 Å². The highest BCUT2D eigenvalue weighted by atomic mass is 15.2. The maximum Gasteiger partial charge on any atom is 0.0342 e. The minimum Gasteiger partial charge on any atom is -0.298 e. The van der Waals surface area contributed by atoms with Crippen LogP contribution in [0.3, 0.4) is 0 Å². The molecule has 2 heterocycles. The molecule has 0 bridgehead atoms. The van der Waals surface area contributed by atoms with Crippen LogP contribution in [0.4, 0.5) is 0 Å². The molecule has 118 valence electrons. The van der Waals surface area contributed by atoms with Crippen LogP contribution in [0.25, 0.3) is 5.57 Å². The van der Waals surface area contributed by atoms with Gasteiger partial charge >= 0.3 is 0 Å².